The van der Waals surface area contributed by atoms with Crippen molar-refractivity contribution >= 4 is 16.3 Å². The molecule has 4 nitrogen and oxygen atoms in total. The molecule has 17 heavy (non-hydrogen) atoms. The first kappa shape index (κ1) is 12.5. The molecule has 0 aromatic carbocycles. The molecular formula is C12H19N3OS. The fraction of sp³-hybridized carbons (Fsp3) is 0.583. The Kier molecular flexibility index (Phi) is 3.51. The molecule has 2 aromatic heterocycles. The largest absolute Gasteiger partial charge is 0.396 e. The van der Waals surface area contributed by atoms with Gasteiger partial charge in [-0.1, -0.05) is 13.8 Å². The number of nitrogens with two attached hydrogens (primary N) is 1. The molecule has 0 bridgehead atoms. The summed E-state index contributed by atoms with van der Waals surface area (Å²) in [6.45, 7) is 4.78. The van der Waals surface area contributed by atoms with Gasteiger partial charge in [-0.25, -0.2) is 4.98 Å². The molecule has 1 atom stereocenters. The van der Waals surface area contributed by atoms with E-state index in [4.69, 9.17) is 5.73 Å². The van der Waals surface area contributed by atoms with Crippen LogP contribution in [0.15, 0.2) is 17.8 Å². The Morgan fingerprint density at radius 1 is 1.59 bits per heavy atom. The van der Waals surface area contributed by atoms with Gasteiger partial charge in [0.1, 0.15) is 0 Å². The first-order valence-electron chi connectivity index (χ1n) is 5.83. The number of hydrogen-bond donors (Lipinski definition) is 2. The smallest absolute Gasteiger partial charge is 0.193 e. The lowest BCUT2D eigenvalue weighted by Crippen LogP contribution is -2.41. The van der Waals surface area contributed by atoms with E-state index in [9.17, 15) is 5.11 Å². The Labute approximate surface area is 105 Å². The zero-order valence-electron chi connectivity index (χ0n) is 10.3. The van der Waals surface area contributed by atoms with Crippen molar-refractivity contribution in [3.63, 3.8) is 0 Å². The second kappa shape index (κ2) is 4.76. The third-order valence-corrected chi connectivity index (χ3v) is 4.39. The average Bonchev–Trinajstić information content (AvgIpc) is 2.85. The second-order valence-corrected chi connectivity index (χ2v) is 5.75. The van der Waals surface area contributed by atoms with Gasteiger partial charge in [-0.3, -0.25) is 4.40 Å². The summed E-state index contributed by atoms with van der Waals surface area (Å²) in [7, 11) is 0. The Morgan fingerprint density at radius 2 is 2.35 bits per heavy atom. The van der Waals surface area contributed by atoms with Crippen molar-refractivity contribution in [2.24, 2.45) is 17.1 Å². The maximum absolute atomic E-state index is 9.62. The highest BCUT2D eigenvalue weighted by Gasteiger charge is 2.32. The molecule has 0 aliphatic rings. The fourth-order valence-electron chi connectivity index (χ4n) is 2.04. The number of rotatable bonds is 5. The Hall–Kier alpha value is -0.910. The number of imidazole rings is 1. The summed E-state index contributed by atoms with van der Waals surface area (Å²) in [5, 5.41) is 11.6. The summed E-state index contributed by atoms with van der Waals surface area (Å²) in [4.78, 5) is 5.54. The molecule has 0 saturated carbocycles. The van der Waals surface area contributed by atoms with E-state index in [1.54, 1.807) is 11.3 Å². The predicted octanol–water partition coefficient (Wildman–Crippen LogP) is 1.53. The first-order valence-corrected chi connectivity index (χ1v) is 6.71. The van der Waals surface area contributed by atoms with Crippen LogP contribution >= 0.6 is 11.3 Å². The summed E-state index contributed by atoms with van der Waals surface area (Å²) in [6, 6.07) is 0. The van der Waals surface area contributed by atoms with Crippen LogP contribution in [0.25, 0.3) is 4.96 Å². The topological polar surface area (TPSA) is 63.5 Å². The van der Waals surface area contributed by atoms with Crippen molar-refractivity contribution in [3.05, 3.63) is 23.5 Å². The molecule has 1 unspecified atom stereocenters. The zero-order valence-corrected chi connectivity index (χ0v) is 11.1. The van der Waals surface area contributed by atoms with Crippen molar-refractivity contribution in [1.29, 1.82) is 0 Å². The van der Waals surface area contributed by atoms with Crippen LogP contribution in [-0.4, -0.2) is 27.6 Å². The lowest BCUT2D eigenvalue weighted by atomic mass is 9.74. The molecule has 0 spiro atoms. The van der Waals surface area contributed by atoms with Crippen LogP contribution in [0, 0.1) is 11.3 Å². The number of thiazole rings is 1. The van der Waals surface area contributed by atoms with Gasteiger partial charge in [-0.2, -0.15) is 0 Å². The van der Waals surface area contributed by atoms with E-state index >= 15 is 0 Å². The summed E-state index contributed by atoms with van der Waals surface area (Å²) in [5.41, 5.74) is 6.59. The third kappa shape index (κ3) is 2.22. The maximum atomic E-state index is 9.62. The van der Waals surface area contributed by atoms with Crippen molar-refractivity contribution in [1.82, 2.24) is 9.38 Å². The zero-order chi connectivity index (χ0) is 12.5. The summed E-state index contributed by atoms with van der Waals surface area (Å²) in [5.74, 6) is 0.331. The van der Waals surface area contributed by atoms with E-state index in [-0.39, 0.29) is 12.0 Å². The van der Waals surface area contributed by atoms with E-state index in [1.165, 1.54) is 0 Å². The van der Waals surface area contributed by atoms with Crippen LogP contribution < -0.4 is 5.73 Å². The van der Waals surface area contributed by atoms with Gasteiger partial charge in [-0.15, -0.1) is 11.3 Å². The highest BCUT2D eigenvalue weighted by molar-refractivity contribution is 7.15. The molecule has 0 amide bonds. The maximum Gasteiger partial charge on any atom is 0.193 e. The minimum Gasteiger partial charge on any atom is -0.396 e. The number of aliphatic hydroxyl groups excluding tert-OH is 1. The van der Waals surface area contributed by atoms with Gasteiger partial charge in [0, 0.05) is 36.2 Å². The minimum absolute atomic E-state index is 0.104. The summed E-state index contributed by atoms with van der Waals surface area (Å²) < 4.78 is 2.01. The fourth-order valence-corrected chi connectivity index (χ4v) is 2.76. The summed E-state index contributed by atoms with van der Waals surface area (Å²) in [6.07, 6.45) is 4.75. The molecule has 5 heteroatoms. The Balaban J connectivity index is 2.26. The number of fused-ring (bicyclic) bond motifs is 1. The summed E-state index contributed by atoms with van der Waals surface area (Å²) >= 11 is 1.62. The van der Waals surface area contributed by atoms with E-state index in [0.717, 1.165) is 17.1 Å². The minimum atomic E-state index is -0.260. The quantitative estimate of drug-likeness (QED) is 0.849. The van der Waals surface area contributed by atoms with Crippen molar-refractivity contribution in [3.8, 4) is 0 Å². The average molecular weight is 253 g/mol. The number of aromatic nitrogens is 2. The highest BCUT2D eigenvalue weighted by atomic mass is 32.1. The van der Waals surface area contributed by atoms with E-state index < -0.39 is 0 Å². The molecule has 3 N–H and O–H groups in total. The van der Waals surface area contributed by atoms with Crippen LogP contribution in [0.1, 0.15) is 19.5 Å². The van der Waals surface area contributed by atoms with Crippen molar-refractivity contribution in [2.45, 2.75) is 20.3 Å². The van der Waals surface area contributed by atoms with Gasteiger partial charge < -0.3 is 10.8 Å². The molecule has 0 fully saturated rings. The monoisotopic (exact) mass is 253 g/mol. The molecule has 94 valence electrons. The second-order valence-electron chi connectivity index (χ2n) is 4.88. The molecule has 0 aliphatic carbocycles. The van der Waals surface area contributed by atoms with Gasteiger partial charge in [-0.05, 0) is 5.92 Å². The lowest BCUT2D eigenvalue weighted by molar-refractivity contribution is 0.0834. The van der Waals surface area contributed by atoms with Crippen molar-refractivity contribution in [2.75, 3.05) is 13.2 Å². The van der Waals surface area contributed by atoms with Gasteiger partial charge >= 0.3 is 0 Å². The van der Waals surface area contributed by atoms with E-state index in [0.29, 0.717) is 12.5 Å². The normalized spacial score (nSPS) is 15.6. The standard InChI is InChI=1S/C12H19N3OS/c1-9(2)12(7-13,8-16)5-10-6-15-3-4-17-11(15)14-10/h3-4,6,9,16H,5,7-8,13H2,1-2H3. The number of aliphatic hydroxyl groups is 1. The van der Waals surface area contributed by atoms with Crippen LogP contribution in [-0.2, 0) is 6.42 Å². The molecule has 0 saturated heterocycles. The van der Waals surface area contributed by atoms with Gasteiger partial charge in [0.05, 0.1) is 12.3 Å². The predicted molar refractivity (Wildman–Crippen MR) is 70.2 cm³/mol. The number of hydrogen-bond acceptors (Lipinski definition) is 4. The Morgan fingerprint density at radius 3 is 2.88 bits per heavy atom. The lowest BCUT2D eigenvalue weighted by Gasteiger charge is -2.34. The highest BCUT2D eigenvalue weighted by Crippen LogP contribution is 2.30. The van der Waals surface area contributed by atoms with Crippen LogP contribution in [0.5, 0.6) is 0 Å². The van der Waals surface area contributed by atoms with Crippen LogP contribution in [0.2, 0.25) is 0 Å². The molecule has 0 aliphatic heterocycles. The molecule has 0 radical (unpaired) electrons. The van der Waals surface area contributed by atoms with Crippen LogP contribution in [0.3, 0.4) is 0 Å². The van der Waals surface area contributed by atoms with Crippen LogP contribution in [0.4, 0.5) is 0 Å². The van der Waals surface area contributed by atoms with Gasteiger partial charge in [0.2, 0.25) is 0 Å². The third-order valence-electron chi connectivity index (χ3n) is 3.62. The Bertz CT molecular complexity index is 456. The molecule has 2 heterocycles. The first-order chi connectivity index (χ1) is 8.11. The van der Waals surface area contributed by atoms with Crippen molar-refractivity contribution < 1.29 is 5.11 Å². The molecule has 2 rings (SSSR count). The molecule has 2 aromatic rings. The number of nitrogens with zero attached hydrogens (tertiary/aromatic N) is 2. The van der Waals surface area contributed by atoms with Gasteiger partial charge in [0.15, 0.2) is 4.96 Å². The SMILES string of the molecule is CC(C)C(CN)(CO)Cc1cn2ccsc2n1. The van der Waals surface area contributed by atoms with E-state index in [1.807, 2.05) is 22.2 Å². The molecular weight excluding hydrogens is 234 g/mol. The van der Waals surface area contributed by atoms with E-state index in [2.05, 4.69) is 18.8 Å². The van der Waals surface area contributed by atoms with Gasteiger partial charge in [0.25, 0.3) is 0 Å².